The van der Waals surface area contributed by atoms with Crippen LogP contribution in [0.4, 0.5) is 11.5 Å². The quantitative estimate of drug-likeness (QED) is 0.419. The molecule has 2 aromatic heterocycles. The van der Waals surface area contributed by atoms with Crippen molar-refractivity contribution >= 4 is 45.7 Å². The summed E-state index contributed by atoms with van der Waals surface area (Å²) in [5.74, 6) is 1.65. The highest BCUT2D eigenvalue weighted by Gasteiger charge is 2.14. The fraction of sp³-hybridized carbons (Fsp3) is 0.0500. The maximum Gasteiger partial charge on any atom is 0.187 e. The number of anilines is 2. The van der Waals surface area contributed by atoms with Gasteiger partial charge in [0.2, 0.25) is 0 Å². The summed E-state index contributed by atoms with van der Waals surface area (Å²) in [4.78, 5) is 8.51. The summed E-state index contributed by atoms with van der Waals surface area (Å²) in [6, 6.07) is 14.2. The minimum Gasteiger partial charge on any atom is -0.456 e. The minimum atomic E-state index is 0.121. The zero-order chi connectivity index (χ0) is 19.7. The maximum atomic E-state index is 9.89. The smallest absolute Gasteiger partial charge is 0.187 e. The van der Waals surface area contributed by atoms with Gasteiger partial charge < -0.3 is 19.7 Å². The van der Waals surface area contributed by atoms with Gasteiger partial charge in [-0.1, -0.05) is 29.3 Å². The standard InChI is InChI=1S/C20H15Cl2N4O2/c1-12(27)26-8-7-17-19(26)20(24-11-23-17)25-14-5-6-18(16(22)10-14)28-15-4-2-3-13(21)9-15/h2-11,27H,1H3,(H,23,24,25). The van der Waals surface area contributed by atoms with Crippen LogP contribution in [0.2, 0.25) is 10.0 Å². The molecule has 2 aromatic carbocycles. The van der Waals surface area contributed by atoms with Crippen LogP contribution < -0.4 is 10.1 Å². The van der Waals surface area contributed by atoms with Crippen molar-refractivity contribution in [1.82, 2.24) is 14.5 Å². The van der Waals surface area contributed by atoms with Gasteiger partial charge in [-0.3, -0.25) is 0 Å². The molecule has 4 aromatic rings. The normalized spacial score (nSPS) is 11.2. The van der Waals surface area contributed by atoms with Gasteiger partial charge in [-0.25, -0.2) is 9.97 Å². The number of ether oxygens (including phenoxy) is 1. The lowest BCUT2D eigenvalue weighted by Crippen LogP contribution is -2.06. The highest BCUT2D eigenvalue weighted by molar-refractivity contribution is 6.32. The summed E-state index contributed by atoms with van der Waals surface area (Å²) in [6.45, 7) is 1.59. The molecule has 0 saturated carbocycles. The molecule has 2 heterocycles. The molecule has 0 aliphatic rings. The van der Waals surface area contributed by atoms with E-state index in [9.17, 15) is 5.11 Å². The van der Waals surface area contributed by atoms with Crippen molar-refractivity contribution in [3.63, 3.8) is 0 Å². The fourth-order valence-electron chi connectivity index (χ4n) is 2.79. The summed E-state index contributed by atoms with van der Waals surface area (Å²) < 4.78 is 7.40. The molecule has 6 nitrogen and oxygen atoms in total. The first-order valence-electron chi connectivity index (χ1n) is 8.36. The molecule has 0 aliphatic carbocycles. The van der Waals surface area contributed by atoms with Crippen molar-refractivity contribution in [3.8, 4) is 11.5 Å². The summed E-state index contributed by atoms with van der Waals surface area (Å²) >= 11 is 12.4. The van der Waals surface area contributed by atoms with E-state index < -0.39 is 0 Å². The van der Waals surface area contributed by atoms with Gasteiger partial charge in [-0.15, -0.1) is 0 Å². The van der Waals surface area contributed by atoms with E-state index in [2.05, 4.69) is 15.3 Å². The van der Waals surface area contributed by atoms with Gasteiger partial charge in [0.1, 0.15) is 23.3 Å². The summed E-state index contributed by atoms with van der Waals surface area (Å²) in [6.07, 6.45) is 3.31. The topological polar surface area (TPSA) is 72.2 Å². The monoisotopic (exact) mass is 413 g/mol. The van der Waals surface area contributed by atoms with E-state index in [1.165, 1.54) is 6.33 Å². The molecule has 28 heavy (non-hydrogen) atoms. The van der Waals surface area contributed by atoms with E-state index in [1.54, 1.807) is 60.2 Å². The van der Waals surface area contributed by atoms with Crippen LogP contribution in [0.25, 0.3) is 11.0 Å². The second-order valence-electron chi connectivity index (χ2n) is 6.02. The average molecular weight is 414 g/mol. The van der Waals surface area contributed by atoms with Crippen LogP contribution in [-0.2, 0) is 0 Å². The number of nitrogens with zero attached hydrogens (tertiary/aromatic N) is 3. The number of hydrogen-bond acceptors (Lipinski definition) is 5. The van der Waals surface area contributed by atoms with Gasteiger partial charge in [0.25, 0.3) is 0 Å². The zero-order valence-electron chi connectivity index (χ0n) is 14.7. The molecule has 0 unspecified atom stereocenters. The van der Waals surface area contributed by atoms with Crippen LogP contribution >= 0.6 is 23.2 Å². The molecular weight excluding hydrogens is 399 g/mol. The predicted octanol–water partition coefficient (Wildman–Crippen LogP) is 6.00. The third-order valence-corrected chi connectivity index (χ3v) is 4.57. The second-order valence-corrected chi connectivity index (χ2v) is 6.86. The van der Waals surface area contributed by atoms with Gasteiger partial charge in [0.05, 0.1) is 10.5 Å². The molecule has 0 bridgehead atoms. The highest BCUT2D eigenvalue weighted by Crippen LogP contribution is 2.34. The van der Waals surface area contributed by atoms with Crippen LogP contribution in [0, 0.1) is 6.23 Å². The Morgan fingerprint density at radius 1 is 1.11 bits per heavy atom. The lowest BCUT2D eigenvalue weighted by Gasteiger charge is -2.13. The third-order valence-electron chi connectivity index (χ3n) is 4.04. The van der Waals surface area contributed by atoms with Crippen molar-refractivity contribution in [2.75, 3.05) is 5.32 Å². The van der Waals surface area contributed by atoms with E-state index in [-0.39, 0.29) is 6.23 Å². The van der Waals surface area contributed by atoms with Crippen molar-refractivity contribution in [1.29, 1.82) is 0 Å². The predicted molar refractivity (Wildman–Crippen MR) is 110 cm³/mol. The molecule has 0 amide bonds. The molecule has 0 spiro atoms. The van der Waals surface area contributed by atoms with Crippen LogP contribution in [0.15, 0.2) is 61.1 Å². The number of nitrogens with one attached hydrogen (secondary N) is 1. The Balaban J connectivity index is 1.62. The Kier molecular flexibility index (Phi) is 5.09. The maximum absolute atomic E-state index is 9.89. The lowest BCUT2D eigenvalue weighted by molar-refractivity contribution is 0.283. The molecule has 0 aliphatic heterocycles. The first-order chi connectivity index (χ1) is 13.5. The first kappa shape index (κ1) is 18.6. The van der Waals surface area contributed by atoms with Crippen molar-refractivity contribution in [2.24, 2.45) is 0 Å². The third kappa shape index (κ3) is 3.75. The largest absolute Gasteiger partial charge is 0.456 e. The van der Waals surface area contributed by atoms with E-state index in [4.69, 9.17) is 27.9 Å². The SMILES string of the molecule is C[C](O)n1ccc2ncnc(Nc3ccc(Oc4cccc(Cl)c4)c(Cl)c3)c21. The molecule has 2 N–H and O–H groups in total. The average Bonchev–Trinajstić information content (AvgIpc) is 3.10. The van der Waals surface area contributed by atoms with E-state index in [0.29, 0.717) is 44.1 Å². The zero-order valence-corrected chi connectivity index (χ0v) is 16.2. The number of benzene rings is 2. The summed E-state index contributed by atoms with van der Waals surface area (Å²) in [7, 11) is 0. The van der Waals surface area contributed by atoms with Gasteiger partial charge in [0, 0.05) is 16.9 Å². The number of rotatable bonds is 5. The van der Waals surface area contributed by atoms with Crippen LogP contribution in [0.5, 0.6) is 11.5 Å². The van der Waals surface area contributed by atoms with E-state index in [1.807, 2.05) is 6.07 Å². The number of halogens is 2. The van der Waals surface area contributed by atoms with Crippen LogP contribution in [0.3, 0.4) is 0 Å². The van der Waals surface area contributed by atoms with Crippen molar-refractivity contribution in [3.05, 3.63) is 77.3 Å². The van der Waals surface area contributed by atoms with Crippen molar-refractivity contribution < 1.29 is 9.84 Å². The molecule has 0 fully saturated rings. The summed E-state index contributed by atoms with van der Waals surface area (Å²) in [5.41, 5.74) is 2.09. The highest BCUT2D eigenvalue weighted by atomic mass is 35.5. The summed E-state index contributed by atoms with van der Waals surface area (Å²) in [5, 5.41) is 14.1. The Bertz CT molecular complexity index is 1140. The number of aliphatic hydroxyl groups excluding tert-OH is 1. The number of hydrogen-bond donors (Lipinski definition) is 2. The molecule has 8 heteroatoms. The van der Waals surface area contributed by atoms with E-state index in [0.717, 1.165) is 0 Å². The van der Waals surface area contributed by atoms with Gasteiger partial charge >= 0.3 is 0 Å². The molecule has 141 valence electrons. The molecular formula is C20H15Cl2N4O2. The first-order valence-corrected chi connectivity index (χ1v) is 9.12. The van der Waals surface area contributed by atoms with Crippen molar-refractivity contribution in [2.45, 2.75) is 6.92 Å². The Labute approximate surface area is 171 Å². The lowest BCUT2D eigenvalue weighted by atomic mass is 10.3. The minimum absolute atomic E-state index is 0.121. The Morgan fingerprint density at radius 3 is 2.71 bits per heavy atom. The van der Waals surface area contributed by atoms with Gasteiger partial charge in [0.15, 0.2) is 12.0 Å². The number of aromatic nitrogens is 3. The molecule has 0 saturated heterocycles. The Hall–Kier alpha value is -2.80. The number of fused-ring (bicyclic) bond motifs is 1. The fourth-order valence-corrected chi connectivity index (χ4v) is 3.19. The van der Waals surface area contributed by atoms with Crippen LogP contribution in [-0.4, -0.2) is 19.6 Å². The van der Waals surface area contributed by atoms with E-state index >= 15 is 0 Å². The second kappa shape index (κ2) is 7.67. The van der Waals surface area contributed by atoms with Gasteiger partial charge in [-0.2, -0.15) is 0 Å². The Morgan fingerprint density at radius 2 is 1.96 bits per heavy atom. The molecule has 1 radical (unpaired) electrons. The van der Waals surface area contributed by atoms with Crippen LogP contribution in [0.1, 0.15) is 6.92 Å². The molecule has 0 atom stereocenters. The molecule has 4 rings (SSSR count). The number of aliphatic hydroxyl groups is 1. The van der Waals surface area contributed by atoms with Gasteiger partial charge in [-0.05, 0) is 49.4 Å².